The minimum absolute atomic E-state index is 0.0168. The summed E-state index contributed by atoms with van der Waals surface area (Å²) < 4.78 is 5.43. The summed E-state index contributed by atoms with van der Waals surface area (Å²) in [4.78, 5) is 14.4. The van der Waals surface area contributed by atoms with Gasteiger partial charge < -0.3 is 9.73 Å². The maximum absolute atomic E-state index is 10.6. The molecule has 0 atom stereocenters. The van der Waals surface area contributed by atoms with Crippen molar-refractivity contribution in [1.29, 1.82) is 0 Å². The molecular weight excluding hydrogens is 234 g/mol. The molecule has 94 valence electrons. The van der Waals surface area contributed by atoms with Crippen molar-refractivity contribution in [2.45, 2.75) is 19.3 Å². The highest BCUT2D eigenvalue weighted by atomic mass is 16.6. The van der Waals surface area contributed by atoms with Crippen molar-refractivity contribution in [1.82, 2.24) is 4.98 Å². The Balaban J connectivity index is 1.74. The topological polar surface area (TPSA) is 81.2 Å². The molecule has 1 aromatic heterocycles. The lowest BCUT2D eigenvalue weighted by atomic mass is 10.3. The van der Waals surface area contributed by atoms with E-state index in [4.69, 9.17) is 4.42 Å². The Morgan fingerprint density at radius 2 is 2.33 bits per heavy atom. The molecule has 1 aliphatic carbocycles. The van der Waals surface area contributed by atoms with Gasteiger partial charge in [-0.1, -0.05) is 12.8 Å². The lowest BCUT2D eigenvalue weighted by Gasteiger charge is -1.98. The van der Waals surface area contributed by atoms with E-state index in [0.717, 1.165) is 18.9 Å². The van der Waals surface area contributed by atoms with Crippen molar-refractivity contribution < 1.29 is 9.34 Å². The molecule has 0 saturated heterocycles. The summed E-state index contributed by atoms with van der Waals surface area (Å²) in [7, 11) is 0. The number of hydrogen-bond donors (Lipinski definition) is 1. The molecule has 1 aliphatic rings. The number of nitrogens with zero attached hydrogens (tertiary/aromatic N) is 2. The third kappa shape index (κ3) is 2.27. The van der Waals surface area contributed by atoms with Crippen molar-refractivity contribution in [2.75, 3.05) is 11.9 Å². The zero-order valence-electron chi connectivity index (χ0n) is 9.76. The molecule has 6 heteroatoms. The van der Waals surface area contributed by atoms with Crippen LogP contribution in [0.5, 0.6) is 0 Å². The molecule has 1 fully saturated rings. The summed E-state index contributed by atoms with van der Waals surface area (Å²) in [6.45, 7) is 0.833. The SMILES string of the molecule is O=[N+]([O-])c1ccc2nc(NCCC3CC3)oc2c1. The van der Waals surface area contributed by atoms with Gasteiger partial charge in [-0.3, -0.25) is 10.1 Å². The van der Waals surface area contributed by atoms with Crippen LogP contribution in [0.2, 0.25) is 0 Å². The standard InChI is InChI=1S/C12H13N3O3/c16-15(17)9-3-4-10-11(7-9)18-12(14-10)13-6-5-8-1-2-8/h3-4,7-8H,1-2,5-6H2,(H,13,14). The van der Waals surface area contributed by atoms with Crippen molar-refractivity contribution in [3.63, 3.8) is 0 Å². The minimum atomic E-state index is -0.442. The van der Waals surface area contributed by atoms with Crippen molar-refractivity contribution in [3.8, 4) is 0 Å². The molecule has 0 bridgehead atoms. The van der Waals surface area contributed by atoms with E-state index >= 15 is 0 Å². The van der Waals surface area contributed by atoms with E-state index in [1.165, 1.54) is 25.0 Å². The summed E-state index contributed by atoms with van der Waals surface area (Å²) in [6, 6.07) is 4.86. The Labute approximate surface area is 103 Å². The normalized spacial score (nSPS) is 14.9. The van der Waals surface area contributed by atoms with Gasteiger partial charge in [-0.25, -0.2) is 0 Å². The first-order valence-electron chi connectivity index (χ1n) is 6.01. The first-order chi connectivity index (χ1) is 8.72. The number of hydrogen-bond acceptors (Lipinski definition) is 5. The third-order valence-corrected chi connectivity index (χ3v) is 3.11. The first kappa shape index (κ1) is 11.0. The van der Waals surface area contributed by atoms with Crippen LogP contribution in [-0.2, 0) is 0 Å². The highest BCUT2D eigenvalue weighted by molar-refractivity contribution is 5.77. The number of nitro groups is 1. The summed E-state index contributed by atoms with van der Waals surface area (Å²) in [6.07, 6.45) is 3.77. The van der Waals surface area contributed by atoms with E-state index in [0.29, 0.717) is 17.1 Å². The number of aromatic nitrogens is 1. The molecule has 6 nitrogen and oxygen atoms in total. The van der Waals surface area contributed by atoms with Gasteiger partial charge in [0.15, 0.2) is 5.58 Å². The fourth-order valence-electron chi connectivity index (χ4n) is 1.89. The van der Waals surface area contributed by atoms with Gasteiger partial charge >= 0.3 is 0 Å². The van der Waals surface area contributed by atoms with Gasteiger partial charge in [-0.05, 0) is 18.4 Å². The van der Waals surface area contributed by atoms with Crippen LogP contribution in [0.25, 0.3) is 11.1 Å². The van der Waals surface area contributed by atoms with Crippen LogP contribution in [0.3, 0.4) is 0 Å². The predicted molar refractivity (Wildman–Crippen MR) is 66.5 cm³/mol. The van der Waals surface area contributed by atoms with Gasteiger partial charge in [0.25, 0.3) is 11.7 Å². The molecule has 3 rings (SSSR count). The molecule has 1 heterocycles. The quantitative estimate of drug-likeness (QED) is 0.648. The fourth-order valence-corrected chi connectivity index (χ4v) is 1.89. The van der Waals surface area contributed by atoms with Crippen LogP contribution in [0, 0.1) is 16.0 Å². The lowest BCUT2D eigenvalue weighted by molar-refractivity contribution is -0.384. The van der Waals surface area contributed by atoms with Crippen LogP contribution in [0.1, 0.15) is 19.3 Å². The van der Waals surface area contributed by atoms with Gasteiger partial charge in [0.2, 0.25) is 0 Å². The predicted octanol–water partition coefficient (Wildman–Crippen LogP) is 2.95. The second kappa shape index (κ2) is 4.29. The number of non-ortho nitro benzene ring substituents is 1. The second-order valence-corrected chi connectivity index (χ2v) is 4.59. The molecule has 18 heavy (non-hydrogen) atoms. The van der Waals surface area contributed by atoms with Gasteiger partial charge in [0, 0.05) is 12.6 Å². The zero-order chi connectivity index (χ0) is 12.5. The zero-order valence-corrected chi connectivity index (χ0v) is 9.76. The van der Waals surface area contributed by atoms with Gasteiger partial charge in [-0.15, -0.1) is 0 Å². The maximum Gasteiger partial charge on any atom is 0.295 e. The van der Waals surface area contributed by atoms with Crippen molar-refractivity contribution in [2.24, 2.45) is 5.92 Å². The van der Waals surface area contributed by atoms with E-state index < -0.39 is 4.92 Å². The maximum atomic E-state index is 10.6. The Morgan fingerprint density at radius 3 is 3.06 bits per heavy atom. The van der Waals surface area contributed by atoms with E-state index in [1.54, 1.807) is 6.07 Å². The Bertz CT molecular complexity index is 589. The van der Waals surface area contributed by atoms with Crippen molar-refractivity contribution >= 4 is 22.8 Å². The summed E-state index contributed by atoms with van der Waals surface area (Å²) >= 11 is 0. The summed E-state index contributed by atoms with van der Waals surface area (Å²) in [5, 5.41) is 13.7. The van der Waals surface area contributed by atoms with Gasteiger partial charge in [0.05, 0.1) is 11.0 Å². The molecule has 0 unspecified atom stereocenters. The molecule has 0 radical (unpaired) electrons. The fraction of sp³-hybridized carbons (Fsp3) is 0.417. The van der Waals surface area contributed by atoms with Crippen LogP contribution in [-0.4, -0.2) is 16.5 Å². The number of fused-ring (bicyclic) bond motifs is 1. The van der Waals surface area contributed by atoms with E-state index in [-0.39, 0.29) is 5.69 Å². The molecule has 2 aromatic rings. The summed E-state index contributed by atoms with van der Waals surface area (Å²) in [5.74, 6) is 0.850. The minimum Gasteiger partial charge on any atom is -0.423 e. The lowest BCUT2D eigenvalue weighted by Crippen LogP contribution is -2.01. The van der Waals surface area contributed by atoms with E-state index in [2.05, 4.69) is 10.3 Å². The molecule has 0 spiro atoms. The molecule has 1 N–H and O–H groups in total. The van der Waals surface area contributed by atoms with E-state index in [1.807, 2.05) is 0 Å². The largest absolute Gasteiger partial charge is 0.423 e. The van der Waals surface area contributed by atoms with Gasteiger partial charge in [0.1, 0.15) is 5.52 Å². The first-order valence-corrected chi connectivity index (χ1v) is 6.01. The molecule has 0 amide bonds. The number of rotatable bonds is 5. The number of anilines is 1. The highest BCUT2D eigenvalue weighted by Crippen LogP contribution is 2.32. The molecule has 0 aliphatic heterocycles. The second-order valence-electron chi connectivity index (χ2n) is 4.59. The average Bonchev–Trinajstić information content (AvgIpc) is 3.07. The third-order valence-electron chi connectivity index (χ3n) is 3.11. The van der Waals surface area contributed by atoms with Crippen LogP contribution in [0.4, 0.5) is 11.7 Å². The number of nitro benzene ring substituents is 1. The van der Waals surface area contributed by atoms with Crippen molar-refractivity contribution in [3.05, 3.63) is 28.3 Å². The number of nitrogens with one attached hydrogen (secondary N) is 1. The van der Waals surface area contributed by atoms with Gasteiger partial charge in [-0.2, -0.15) is 4.98 Å². The smallest absolute Gasteiger partial charge is 0.295 e. The molecular formula is C12H13N3O3. The molecule has 1 aromatic carbocycles. The Hall–Kier alpha value is -2.11. The van der Waals surface area contributed by atoms with E-state index in [9.17, 15) is 10.1 Å². The number of oxazole rings is 1. The van der Waals surface area contributed by atoms with Crippen LogP contribution >= 0.6 is 0 Å². The Kier molecular flexibility index (Phi) is 2.62. The van der Waals surface area contributed by atoms with Crippen LogP contribution < -0.4 is 5.32 Å². The monoisotopic (exact) mass is 247 g/mol. The number of benzene rings is 1. The average molecular weight is 247 g/mol. The highest BCUT2D eigenvalue weighted by Gasteiger charge is 2.20. The Morgan fingerprint density at radius 1 is 1.50 bits per heavy atom. The summed E-state index contributed by atoms with van der Waals surface area (Å²) in [5.41, 5.74) is 1.09. The molecule has 1 saturated carbocycles. The van der Waals surface area contributed by atoms with Crippen LogP contribution in [0.15, 0.2) is 22.6 Å².